The van der Waals surface area contributed by atoms with Crippen molar-refractivity contribution in [2.75, 3.05) is 36.0 Å². The first-order chi connectivity index (χ1) is 11.8. The summed E-state index contributed by atoms with van der Waals surface area (Å²) in [4.78, 5) is 15.0. The van der Waals surface area contributed by atoms with Crippen molar-refractivity contribution in [2.24, 2.45) is 0 Å². The van der Waals surface area contributed by atoms with Gasteiger partial charge in [0.25, 0.3) is 0 Å². The molecular weight excluding hydrogens is 298 g/mol. The van der Waals surface area contributed by atoms with Gasteiger partial charge in [0.2, 0.25) is 5.95 Å². The molecule has 0 spiro atoms. The fraction of sp³-hybridized carbons (Fsp3) is 0.684. The zero-order valence-electron chi connectivity index (χ0n) is 14.7. The van der Waals surface area contributed by atoms with Crippen LogP contribution in [0, 0.1) is 0 Å². The largest absolute Gasteiger partial charge is 0.356 e. The molecule has 5 nitrogen and oxygen atoms in total. The zero-order valence-corrected chi connectivity index (χ0v) is 14.7. The third-order valence-electron chi connectivity index (χ3n) is 5.86. The number of hydrogen-bond acceptors (Lipinski definition) is 4. The van der Waals surface area contributed by atoms with Crippen LogP contribution in [-0.2, 0) is 6.54 Å². The van der Waals surface area contributed by atoms with Gasteiger partial charge in [0.05, 0.1) is 5.39 Å². The molecule has 2 aromatic heterocycles. The number of aromatic nitrogens is 3. The van der Waals surface area contributed by atoms with E-state index in [2.05, 4.69) is 27.4 Å². The number of anilines is 2. The third kappa shape index (κ3) is 2.28. The minimum Gasteiger partial charge on any atom is -0.356 e. The van der Waals surface area contributed by atoms with Crippen molar-refractivity contribution in [1.82, 2.24) is 14.5 Å². The molecule has 2 aliphatic heterocycles. The Morgan fingerprint density at radius 1 is 0.958 bits per heavy atom. The van der Waals surface area contributed by atoms with E-state index in [1.54, 1.807) is 0 Å². The molecule has 5 heteroatoms. The van der Waals surface area contributed by atoms with Gasteiger partial charge in [-0.1, -0.05) is 0 Å². The molecule has 0 amide bonds. The van der Waals surface area contributed by atoms with Crippen molar-refractivity contribution in [2.45, 2.75) is 57.9 Å². The highest BCUT2D eigenvalue weighted by molar-refractivity contribution is 5.90. The van der Waals surface area contributed by atoms with E-state index in [4.69, 9.17) is 9.97 Å². The zero-order chi connectivity index (χ0) is 16.1. The second-order valence-electron chi connectivity index (χ2n) is 7.56. The molecule has 0 bridgehead atoms. The average Bonchev–Trinajstić information content (AvgIpc) is 3.06. The quantitative estimate of drug-likeness (QED) is 0.862. The Morgan fingerprint density at radius 2 is 1.62 bits per heavy atom. The first kappa shape index (κ1) is 14.6. The van der Waals surface area contributed by atoms with Gasteiger partial charge in [-0.25, -0.2) is 0 Å². The highest BCUT2D eigenvalue weighted by Crippen LogP contribution is 2.43. The summed E-state index contributed by atoms with van der Waals surface area (Å²) in [6.45, 7) is 7.74. The van der Waals surface area contributed by atoms with E-state index in [1.807, 2.05) is 0 Å². The van der Waals surface area contributed by atoms with E-state index >= 15 is 0 Å². The van der Waals surface area contributed by atoms with Crippen molar-refractivity contribution in [3.8, 4) is 0 Å². The van der Waals surface area contributed by atoms with Crippen molar-refractivity contribution in [1.29, 1.82) is 0 Å². The van der Waals surface area contributed by atoms with Gasteiger partial charge in [-0.15, -0.1) is 0 Å². The maximum absolute atomic E-state index is 5.06. The second-order valence-corrected chi connectivity index (χ2v) is 7.56. The van der Waals surface area contributed by atoms with Crippen LogP contribution < -0.4 is 9.80 Å². The molecule has 2 aromatic rings. The average molecular weight is 325 g/mol. The van der Waals surface area contributed by atoms with Crippen LogP contribution in [0.4, 0.5) is 11.8 Å². The van der Waals surface area contributed by atoms with E-state index in [-0.39, 0.29) is 0 Å². The second kappa shape index (κ2) is 5.64. The molecule has 0 atom stereocenters. The summed E-state index contributed by atoms with van der Waals surface area (Å²) < 4.78 is 2.45. The lowest BCUT2D eigenvalue weighted by molar-refractivity contribution is 0.731. The van der Waals surface area contributed by atoms with Gasteiger partial charge in [0.15, 0.2) is 0 Å². The molecule has 0 radical (unpaired) electrons. The summed E-state index contributed by atoms with van der Waals surface area (Å²) in [6.07, 6.45) is 7.78. The SMILES string of the molecule is CCn1c(C2CC2)cc2c(N3CCCC3)nc(N3CCCC3)nc21. The molecule has 3 aliphatic rings. The van der Waals surface area contributed by atoms with Crippen LogP contribution in [-0.4, -0.2) is 40.7 Å². The van der Waals surface area contributed by atoms with Gasteiger partial charge in [0, 0.05) is 38.4 Å². The highest BCUT2D eigenvalue weighted by atomic mass is 15.3. The number of rotatable bonds is 4. The maximum Gasteiger partial charge on any atom is 0.229 e. The number of nitrogens with zero attached hydrogens (tertiary/aromatic N) is 5. The smallest absolute Gasteiger partial charge is 0.229 e. The fourth-order valence-corrected chi connectivity index (χ4v) is 4.40. The van der Waals surface area contributed by atoms with Gasteiger partial charge in [-0.05, 0) is 57.4 Å². The molecule has 2 saturated heterocycles. The van der Waals surface area contributed by atoms with Gasteiger partial charge < -0.3 is 14.4 Å². The Labute approximate surface area is 143 Å². The summed E-state index contributed by atoms with van der Waals surface area (Å²) in [7, 11) is 0. The highest BCUT2D eigenvalue weighted by Gasteiger charge is 2.30. The van der Waals surface area contributed by atoms with Gasteiger partial charge in [-0.3, -0.25) is 0 Å². The minimum absolute atomic E-state index is 0.751. The van der Waals surface area contributed by atoms with Crippen LogP contribution in [0.15, 0.2) is 6.07 Å². The summed E-state index contributed by atoms with van der Waals surface area (Å²) in [5, 5.41) is 1.28. The Balaban J connectivity index is 1.70. The first-order valence-electron chi connectivity index (χ1n) is 9.76. The third-order valence-corrected chi connectivity index (χ3v) is 5.86. The Hall–Kier alpha value is -1.78. The van der Waals surface area contributed by atoms with Crippen LogP contribution in [0.2, 0.25) is 0 Å². The van der Waals surface area contributed by atoms with Gasteiger partial charge in [-0.2, -0.15) is 9.97 Å². The Kier molecular flexibility index (Phi) is 3.42. The van der Waals surface area contributed by atoms with Crippen molar-refractivity contribution < 1.29 is 0 Å². The lowest BCUT2D eigenvalue weighted by Crippen LogP contribution is -2.24. The van der Waals surface area contributed by atoms with E-state index in [0.717, 1.165) is 44.6 Å². The van der Waals surface area contributed by atoms with Crippen LogP contribution in [0.5, 0.6) is 0 Å². The molecule has 1 saturated carbocycles. The van der Waals surface area contributed by atoms with Gasteiger partial charge in [0.1, 0.15) is 11.5 Å². The number of aryl methyl sites for hydroxylation is 1. The van der Waals surface area contributed by atoms with Gasteiger partial charge >= 0.3 is 0 Å². The lowest BCUT2D eigenvalue weighted by atomic mass is 10.2. The topological polar surface area (TPSA) is 37.2 Å². The lowest BCUT2D eigenvalue weighted by Gasteiger charge is -2.21. The maximum atomic E-state index is 5.06. The van der Waals surface area contributed by atoms with E-state index in [0.29, 0.717) is 0 Å². The number of fused-ring (bicyclic) bond motifs is 1. The Bertz CT molecular complexity index is 749. The van der Waals surface area contributed by atoms with Crippen molar-refractivity contribution >= 4 is 22.8 Å². The fourth-order valence-electron chi connectivity index (χ4n) is 4.40. The Morgan fingerprint density at radius 3 is 2.25 bits per heavy atom. The van der Waals surface area contributed by atoms with E-state index in [9.17, 15) is 0 Å². The standard InChI is InChI=1S/C19H27N5/c1-2-24-16(14-7-8-14)13-15-17(22-9-3-4-10-22)20-19(21-18(15)24)23-11-5-6-12-23/h13-14H,2-12H2,1H3. The van der Waals surface area contributed by atoms with E-state index in [1.165, 1.54) is 61.1 Å². The van der Waals surface area contributed by atoms with Crippen LogP contribution in [0.1, 0.15) is 57.1 Å². The molecule has 0 N–H and O–H groups in total. The van der Waals surface area contributed by atoms with Crippen molar-refractivity contribution in [3.63, 3.8) is 0 Å². The summed E-state index contributed by atoms with van der Waals surface area (Å²) in [5.74, 6) is 2.89. The van der Waals surface area contributed by atoms with Crippen LogP contribution in [0.3, 0.4) is 0 Å². The molecule has 5 rings (SSSR count). The molecule has 1 aliphatic carbocycles. The summed E-state index contributed by atoms with van der Waals surface area (Å²) in [6, 6.07) is 2.40. The normalized spacial score (nSPS) is 21.4. The molecule has 0 aromatic carbocycles. The molecule has 3 fully saturated rings. The first-order valence-corrected chi connectivity index (χ1v) is 9.76. The predicted molar refractivity (Wildman–Crippen MR) is 98.1 cm³/mol. The molecule has 4 heterocycles. The molecule has 0 unspecified atom stereocenters. The minimum atomic E-state index is 0.751. The number of hydrogen-bond donors (Lipinski definition) is 0. The molecular formula is C19H27N5. The summed E-state index contributed by atoms with van der Waals surface area (Å²) >= 11 is 0. The predicted octanol–water partition coefficient (Wildman–Crippen LogP) is 3.53. The van der Waals surface area contributed by atoms with Crippen LogP contribution in [0.25, 0.3) is 11.0 Å². The molecule has 24 heavy (non-hydrogen) atoms. The van der Waals surface area contributed by atoms with Crippen molar-refractivity contribution in [3.05, 3.63) is 11.8 Å². The molecule has 128 valence electrons. The summed E-state index contributed by atoms with van der Waals surface area (Å²) in [5.41, 5.74) is 2.65. The monoisotopic (exact) mass is 325 g/mol. The van der Waals surface area contributed by atoms with Crippen LogP contribution >= 0.6 is 0 Å². The van der Waals surface area contributed by atoms with E-state index < -0.39 is 0 Å².